The second kappa shape index (κ2) is 16.8. The monoisotopic (exact) mass is 958 g/mol. The van der Waals surface area contributed by atoms with Gasteiger partial charge in [-0.15, -0.1) is 59.2 Å². The summed E-state index contributed by atoms with van der Waals surface area (Å²) in [7, 11) is -2.22. The summed E-state index contributed by atoms with van der Waals surface area (Å²) in [4.78, 5) is 9.36. The molecule has 4 nitrogen and oxygen atoms in total. The van der Waals surface area contributed by atoms with Crippen LogP contribution in [-0.2, 0) is 20.1 Å². The Morgan fingerprint density at radius 3 is 2.02 bits per heavy atom. The number of hydrogen-bond acceptors (Lipinski definition) is 3. The van der Waals surface area contributed by atoms with E-state index in [1.54, 1.807) is 12.1 Å². The summed E-state index contributed by atoms with van der Waals surface area (Å²) in [5.74, 6) is 2.52. The zero-order chi connectivity index (χ0) is 44.8. The van der Waals surface area contributed by atoms with Crippen molar-refractivity contribution >= 4 is 24.5 Å². The number of benzene rings is 6. The Morgan fingerprint density at radius 1 is 0.672 bits per heavy atom. The third-order valence-corrected chi connectivity index (χ3v) is 13.0. The van der Waals surface area contributed by atoms with Crippen LogP contribution in [0.15, 0.2) is 140 Å². The van der Waals surface area contributed by atoms with Crippen LogP contribution in [-0.4, -0.2) is 22.9 Å². The van der Waals surface area contributed by atoms with E-state index in [9.17, 15) is 0 Å². The Hall–Kier alpha value is -5.39. The first-order chi connectivity index (χ1) is 29.9. The van der Waals surface area contributed by atoms with Gasteiger partial charge in [0.05, 0.1) is 16.9 Å². The maximum absolute atomic E-state index is 7.28. The molecule has 2 aromatic heterocycles. The molecule has 0 N–H and O–H groups in total. The summed E-state index contributed by atoms with van der Waals surface area (Å²) >= 11 is 0. The van der Waals surface area contributed by atoms with Gasteiger partial charge in [0, 0.05) is 40.2 Å². The molecular weight excluding hydrogens is 903 g/mol. The van der Waals surface area contributed by atoms with E-state index in [0.717, 1.165) is 33.7 Å². The molecular formula is C52H49IrN3OSi-2. The van der Waals surface area contributed by atoms with E-state index in [4.69, 9.17) is 17.6 Å². The normalized spacial score (nSPS) is 14.6. The Morgan fingerprint density at radius 2 is 1.34 bits per heavy atom. The topological polar surface area (TPSA) is 39.9 Å². The van der Waals surface area contributed by atoms with E-state index in [0.29, 0.717) is 23.1 Å². The molecule has 1 aliphatic rings. The number of pyridine rings is 1. The van der Waals surface area contributed by atoms with Crippen LogP contribution >= 0.6 is 0 Å². The molecule has 8 aromatic rings. The molecule has 0 saturated heterocycles. The van der Waals surface area contributed by atoms with Gasteiger partial charge in [0.1, 0.15) is 5.75 Å². The molecule has 0 bridgehead atoms. The summed E-state index contributed by atoms with van der Waals surface area (Å²) in [6.07, 6.45) is 1.30. The zero-order valence-electron chi connectivity index (χ0n) is 39.5. The van der Waals surface area contributed by atoms with E-state index < -0.39 is 22.0 Å². The van der Waals surface area contributed by atoms with Gasteiger partial charge in [-0.25, -0.2) is 0 Å². The summed E-state index contributed by atoms with van der Waals surface area (Å²) in [5.41, 5.74) is 13.4. The molecule has 58 heavy (non-hydrogen) atoms. The number of para-hydroxylation sites is 3. The van der Waals surface area contributed by atoms with Crippen LogP contribution in [0.3, 0.4) is 0 Å². The van der Waals surface area contributed by atoms with Crippen LogP contribution in [0.1, 0.15) is 70.0 Å². The van der Waals surface area contributed by atoms with E-state index in [-0.39, 0.29) is 31.2 Å². The molecule has 1 radical (unpaired) electrons. The molecule has 3 heterocycles. The van der Waals surface area contributed by atoms with Gasteiger partial charge in [-0.05, 0) is 101 Å². The van der Waals surface area contributed by atoms with Crippen LogP contribution in [0, 0.1) is 25.8 Å². The third-order valence-electron chi connectivity index (χ3n) is 10.5. The Bertz CT molecular complexity index is 2840. The van der Waals surface area contributed by atoms with E-state index in [1.807, 2.05) is 0 Å². The Balaban J connectivity index is 0.000000246. The van der Waals surface area contributed by atoms with E-state index in [1.165, 1.54) is 63.1 Å². The van der Waals surface area contributed by atoms with Gasteiger partial charge in [0.2, 0.25) is 0 Å². The fourth-order valence-electron chi connectivity index (χ4n) is 7.64. The van der Waals surface area contributed by atoms with Crippen molar-refractivity contribution in [2.75, 3.05) is 0 Å². The summed E-state index contributed by atoms with van der Waals surface area (Å²) < 4.78 is 52.7. The number of nitrogens with zero attached hydrogens (tertiary/aromatic N) is 3. The minimum Gasteiger partial charge on any atom is -0.541 e. The van der Waals surface area contributed by atoms with E-state index in [2.05, 4.69) is 166 Å². The molecule has 1 aliphatic heterocycles. The van der Waals surface area contributed by atoms with Crippen LogP contribution in [0.5, 0.6) is 5.75 Å². The van der Waals surface area contributed by atoms with Crippen molar-refractivity contribution in [2.24, 2.45) is 0 Å². The molecule has 293 valence electrons. The van der Waals surface area contributed by atoms with Crippen LogP contribution in [0.4, 0.5) is 0 Å². The van der Waals surface area contributed by atoms with Gasteiger partial charge in [0.25, 0.3) is 8.32 Å². The van der Waals surface area contributed by atoms with Crippen molar-refractivity contribution in [1.82, 2.24) is 14.5 Å². The smallest absolute Gasteiger partial charge is 0.259 e. The Labute approximate surface area is 366 Å². The van der Waals surface area contributed by atoms with Gasteiger partial charge in [0.15, 0.2) is 0 Å². The van der Waals surface area contributed by atoms with Crippen LogP contribution < -0.4 is 9.61 Å². The molecule has 0 amide bonds. The first-order valence-corrected chi connectivity index (χ1v) is 22.4. The largest absolute Gasteiger partial charge is 0.541 e. The Kier molecular flexibility index (Phi) is 9.74. The molecule has 9 rings (SSSR count). The predicted molar refractivity (Wildman–Crippen MR) is 240 cm³/mol. The minimum atomic E-state index is -2.22. The SMILES string of the molecule is CC(C)c1cc(-c2ccccc2)cc(C(C)C)c1-n1c(-c2[c-]cc3c(c2)[Si](C)(C)Oc2ccccc2-3)nc2ccccc21.[2H]C([2H])([2H])c1c[c-]c(-c2ccc(C([2H])([2H])[2H])cn2)cc1.[Ir]. The average molecular weight is 958 g/mol. The molecule has 0 aliphatic carbocycles. The van der Waals surface area contributed by atoms with Crippen molar-refractivity contribution < 1.29 is 32.8 Å². The number of hydrogen-bond donors (Lipinski definition) is 0. The molecule has 0 unspecified atom stereocenters. The van der Waals surface area contributed by atoms with Crippen molar-refractivity contribution in [3.63, 3.8) is 0 Å². The van der Waals surface area contributed by atoms with Crippen molar-refractivity contribution in [3.05, 3.63) is 174 Å². The molecule has 0 spiro atoms. The molecule has 0 atom stereocenters. The maximum atomic E-state index is 7.28. The fraction of sp³-hybridized carbons (Fsp3) is 0.192. The number of fused-ring (bicyclic) bond motifs is 4. The number of imidazole rings is 1. The molecule has 6 heteroatoms. The van der Waals surface area contributed by atoms with Crippen LogP contribution in [0.2, 0.25) is 13.1 Å². The standard InChI is InChI=1S/C39H37N2OSi.C13H12N.Ir/c1-25(2)32-22-29(27-14-8-7-9-15-27)23-33(26(3)4)38(32)41-35-18-12-11-17-34(35)40-39(41)28-20-21-31-30-16-10-13-19-36(30)42-43(5,6)37(31)24-28;1-10-3-6-12(7-4-10)13-8-5-11(2)9-14-13;/h7-19,21-26H,1-6H3;3-6,8-9H,1-2H3;/q2*-1;/i;1D3,2D3;. The van der Waals surface area contributed by atoms with Gasteiger partial charge in [-0.1, -0.05) is 118 Å². The molecule has 0 fully saturated rings. The predicted octanol–water partition coefficient (Wildman–Crippen LogP) is 13.0. The summed E-state index contributed by atoms with van der Waals surface area (Å²) in [6, 6.07) is 51.0. The van der Waals surface area contributed by atoms with Crippen LogP contribution in [0.25, 0.3) is 61.6 Å². The second-order valence-electron chi connectivity index (χ2n) is 15.6. The first-order valence-electron chi connectivity index (χ1n) is 22.5. The minimum absolute atomic E-state index is 0. The summed E-state index contributed by atoms with van der Waals surface area (Å²) in [5, 5.41) is 1.28. The summed E-state index contributed by atoms with van der Waals surface area (Å²) in [6.45, 7) is 9.41. The maximum Gasteiger partial charge on any atom is 0.259 e. The quantitative estimate of drug-likeness (QED) is 0.123. The third kappa shape index (κ3) is 8.02. The fourth-order valence-corrected chi connectivity index (χ4v) is 9.82. The average Bonchev–Trinajstić information content (AvgIpc) is 3.65. The van der Waals surface area contributed by atoms with E-state index >= 15 is 0 Å². The molecule has 0 saturated carbocycles. The second-order valence-corrected chi connectivity index (χ2v) is 19.4. The number of aromatic nitrogens is 3. The van der Waals surface area contributed by atoms with Gasteiger partial charge < -0.3 is 14.0 Å². The van der Waals surface area contributed by atoms with Gasteiger partial charge >= 0.3 is 0 Å². The molecule has 6 aromatic carbocycles. The number of aryl methyl sites for hydroxylation is 2. The first kappa shape index (κ1) is 33.6. The van der Waals surface area contributed by atoms with Gasteiger partial charge in [-0.3, -0.25) is 4.98 Å². The zero-order valence-corrected chi connectivity index (χ0v) is 36.9. The number of rotatable bonds is 6. The van der Waals surface area contributed by atoms with Crippen molar-refractivity contribution in [3.8, 4) is 56.3 Å². The van der Waals surface area contributed by atoms with Gasteiger partial charge in [-0.2, -0.15) is 0 Å². The van der Waals surface area contributed by atoms with Crippen molar-refractivity contribution in [1.29, 1.82) is 0 Å². The van der Waals surface area contributed by atoms with Crippen molar-refractivity contribution in [2.45, 2.75) is 66.3 Å².